The summed E-state index contributed by atoms with van der Waals surface area (Å²) in [7, 11) is 0. The van der Waals surface area contributed by atoms with E-state index in [9.17, 15) is 14.0 Å². The summed E-state index contributed by atoms with van der Waals surface area (Å²) < 4.78 is 14.1. The molecule has 0 bridgehead atoms. The van der Waals surface area contributed by atoms with E-state index in [1.54, 1.807) is 29.2 Å². The van der Waals surface area contributed by atoms with Crippen LogP contribution in [0.4, 0.5) is 10.1 Å². The Labute approximate surface area is 184 Å². The maximum Gasteiger partial charge on any atom is 0.234 e. The molecule has 0 spiro atoms. The van der Waals surface area contributed by atoms with E-state index in [4.69, 9.17) is 11.6 Å². The first-order valence-electron chi connectivity index (χ1n) is 10.2. The number of carbonyl (C=O) groups is 2. The third-order valence-electron chi connectivity index (χ3n) is 5.69. The number of nitrogens with zero attached hydrogens (tertiary/aromatic N) is 3. The molecule has 3 aliphatic rings. The quantitative estimate of drug-likeness (QED) is 0.715. The van der Waals surface area contributed by atoms with Gasteiger partial charge in [0.25, 0.3) is 0 Å². The summed E-state index contributed by atoms with van der Waals surface area (Å²) in [4.78, 5) is 29.2. The number of rotatable bonds is 5. The molecule has 1 aliphatic carbocycles. The largest absolute Gasteiger partial charge is 0.325 e. The van der Waals surface area contributed by atoms with Crippen LogP contribution in [0.5, 0.6) is 0 Å². The van der Waals surface area contributed by atoms with E-state index in [1.165, 1.54) is 11.8 Å². The normalized spacial score (nSPS) is 27.8. The Bertz CT molecular complexity index is 839. The molecule has 0 radical (unpaired) electrons. The minimum absolute atomic E-state index is 0.000110. The van der Waals surface area contributed by atoms with Gasteiger partial charge in [0.05, 0.1) is 11.7 Å². The lowest BCUT2D eigenvalue weighted by atomic mass is 9.80. The van der Waals surface area contributed by atoms with Gasteiger partial charge in [0.2, 0.25) is 11.8 Å². The Morgan fingerprint density at radius 1 is 1.37 bits per heavy atom. The average Bonchev–Trinajstić information content (AvgIpc) is 3.15. The van der Waals surface area contributed by atoms with Gasteiger partial charge in [-0.2, -0.15) is 5.10 Å². The number of fused-ring (bicyclic) bond motifs is 3. The number of anilines is 1. The summed E-state index contributed by atoms with van der Waals surface area (Å²) >= 11 is 7.19. The second-order valence-electron chi connectivity index (χ2n) is 7.76. The number of hydrogen-bond acceptors (Lipinski definition) is 6. The molecule has 162 valence electrons. The van der Waals surface area contributed by atoms with Crippen molar-refractivity contribution >= 4 is 46.0 Å². The van der Waals surface area contributed by atoms with Gasteiger partial charge < -0.3 is 15.1 Å². The molecule has 2 amide bonds. The lowest BCUT2D eigenvalue weighted by molar-refractivity contribution is -0.156. The van der Waals surface area contributed by atoms with Crippen LogP contribution in [0, 0.1) is 5.92 Å². The number of hydrogen-bond donors (Lipinski definition) is 2. The van der Waals surface area contributed by atoms with E-state index in [0.29, 0.717) is 35.3 Å². The van der Waals surface area contributed by atoms with Gasteiger partial charge in [-0.25, -0.2) is 4.39 Å². The number of halogens is 2. The molecule has 1 saturated heterocycles. The van der Waals surface area contributed by atoms with Crippen LogP contribution < -0.4 is 10.7 Å². The van der Waals surface area contributed by atoms with Crippen molar-refractivity contribution in [2.45, 2.75) is 51.1 Å². The summed E-state index contributed by atoms with van der Waals surface area (Å²) in [6.07, 6.45) is 0.801. The van der Waals surface area contributed by atoms with Crippen LogP contribution in [0.3, 0.4) is 0 Å². The van der Waals surface area contributed by atoms with Crippen molar-refractivity contribution in [1.82, 2.24) is 15.2 Å². The van der Waals surface area contributed by atoms with Crippen LogP contribution in [-0.2, 0) is 9.59 Å². The zero-order chi connectivity index (χ0) is 21.3. The van der Waals surface area contributed by atoms with Crippen molar-refractivity contribution in [3.05, 3.63) is 29.3 Å². The molecule has 4 unspecified atom stereocenters. The monoisotopic (exact) mass is 453 g/mol. The minimum Gasteiger partial charge on any atom is -0.325 e. The number of nitrogens with one attached hydrogen (secondary N) is 2. The SMILES string of the molecule is CCCN1C(=O)C2CC(F)CCC2N2C(SCC(=O)Nc3ccc(Cl)cc3)=NNC12. The fraction of sp³-hybridized carbons (Fsp3) is 0.550. The van der Waals surface area contributed by atoms with Gasteiger partial charge in [0, 0.05) is 23.3 Å². The van der Waals surface area contributed by atoms with Gasteiger partial charge in [-0.1, -0.05) is 30.3 Å². The zero-order valence-corrected chi connectivity index (χ0v) is 18.3. The molecule has 2 N–H and O–H groups in total. The Morgan fingerprint density at radius 3 is 2.87 bits per heavy atom. The summed E-state index contributed by atoms with van der Waals surface area (Å²) in [6.45, 7) is 2.59. The van der Waals surface area contributed by atoms with Crippen molar-refractivity contribution in [2.75, 3.05) is 17.6 Å². The van der Waals surface area contributed by atoms with Crippen molar-refractivity contribution < 1.29 is 14.0 Å². The van der Waals surface area contributed by atoms with Crippen molar-refractivity contribution in [3.8, 4) is 0 Å². The molecule has 4 atom stereocenters. The summed E-state index contributed by atoms with van der Waals surface area (Å²) in [5.74, 6) is -0.349. The van der Waals surface area contributed by atoms with E-state index in [0.717, 1.165) is 6.42 Å². The average molecular weight is 454 g/mol. The van der Waals surface area contributed by atoms with Crippen LogP contribution in [0.1, 0.15) is 32.6 Å². The standard InChI is InChI=1S/C20H25ClFN5O2S/c1-2-9-26-18(29)15-10-13(22)5-8-16(15)27-19(26)24-25-20(27)30-11-17(28)23-14-6-3-12(21)4-7-14/h3-4,6-7,13,15-16,19,24H,2,5,8-11H2,1H3,(H,23,28). The predicted octanol–water partition coefficient (Wildman–Crippen LogP) is 3.23. The summed E-state index contributed by atoms with van der Waals surface area (Å²) in [5, 5.41) is 8.53. The highest BCUT2D eigenvalue weighted by molar-refractivity contribution is 8.14. The molecule has 2 fully saturated rings. The number of alkyl halides is 1. The maximum absolute atomic E-state index is 14.1. The van der Waals surface area contributed by atoms with Crippen LogP contribution in [0.15, 0.2) is 29.4 Å². The number of hydrazone groups is 1. The summed E-state index contributed by atoms with van der Waals surface area (Å²) in [6, 6.07) is 6.83. The molecular formula is C20H25ClFN5O2S. The first-order valence-corrected chi connectivity index (χ1v) is 11.6. The van der Waals surface area contributed by atoms with Crippen LogP contribution >= 0.6 is 23.4 Å². The van der Waals surface area contributed by atoms with Gasteiger partial charge in [-0.3, -0.25) is 15.0 Å². The predicted molar refractivity (Wildman–Crippen MR) is 117 cm³/mol. The Hall–Kier alpha value is -2.00. The highest BCUT2D eigenvalue weighted by Gasteiger charge is 2.52. The molecule has 10 heteroatoms. The number of benzene rings is 1. The Kier molecular flexibility index (Phi) is 6.38. The minimum atomic E-state index is -0.941. The first kappa shape index (κ1) is 21.2. The Balaban J connectivity index is 1.43. The van der Waals surface area contributed by atoms with Crippen molar-refractivity contribution in [1.29, 1.82) is 0 Å². The second-order valence-corrected chi connectivity index (χ2v) is 9.14. The molecule has 1 aromatic rings. The second kappa shape index (κ2) is 9.01. The van der Waals surface area contributed by atoms with E-state index < -0.39 is 6.17 Å². The third kappa shape index (κ3) is 4.23. The first-order chi connectivity index (χ1) is 14.5. The summed E-state index contributed by atoms with van der Waals surface area (Å²) in [5.41, 5.74) is 3.73. The van der Waals surface area contributed by atoms with E-state index in [1.807, 2.05) is 6.92 Å². The number of carbonyl (C=O) groups excluding carboxylic acids is 2. The Morgan fingerprint density at radius 2 is 2.13 bits per heavy atom. The molecule has 1 aromatic carbocycles. The molecular weight excluding hydrogens is 429 g/mol. The van der Waals surface area contributed by atoms with Crippen molar-refractivity contribution in [3.63, 3.8) is 0 Å². The topological polar surface area (TPSA) is 77.0 Å². The van der Waals surface area contributed by atoms with Crippen LogP contribution in [-0.4, -0.2) is 57.6 Å². The van der Waals surface area contributed by atoms with Gasteiger partial charge >= 0.3 is 0 Å². The van der Waals surface area contributed by atoms with E-state index in [2.05, 4.69) is 20.7 Å². The van der Waals surface area contributed by atoms with E-state index >= 15 is 0 Å². The number of amides is 2. The number of thioether (sulfide) groups is 1. The smallest absolute Gasteiger partial charge is 0.234 e. The lowest BCUT2D eigenvalue weighted by Crippen LogP contribution is -2.67. The molecule has 1 saturated carbocycles. The highest BCUT2D eigenvalue weighted by atomic mass is 35.5. The van der Waals surface area contributed by atoms with E-state index in [-0.39, 0.29) is 42.2 Å². The van der Waals surface area contributed by atoms with Gasteiger partial charge in [-0.05, 0) is 49.9 Å². The number of amidine groups is 1. The fourth-order valence-corrected chi connectivity index (χ4v) is 5.32. The van der Waals surface area contributed by atoms with Crippen LogP contribution in [0.25, 0.3) is 0 Å². The fourth-order valence-electron chi connectivity index (χ4n) is 4.36. The third-order valence-corrected chi connectivity index (χ3v) is 6.91. The maximum atomic E-state index is 14.1. The molecule has 7 nitrogen and oxygen atoms in total. The molecule has 0 aromatic heterocycles. The highest BCUT2D eigenvalue weighted by Crippen LogP contribution is 2.39. The van der Waals surface area contributed by atoms with Gasteiger partial charge in [0.1, 0.15) is 6.17 Å². The molecule has 2 aliphatic heterocycles. The van der Waals surface area contributed by atoms with Crippen LogP contribution in [0.2, 0.25) is 5.02 Å². The molecule has 30 heavy (non-hydrogen) atoms. The lowest BCUT2D eigenvalue weighted by Gasteiger charge is -2.50. The van der Waals surface area contributed by atoms with Gasteiger partial charge in [-0.15, -0.1) is 0 Å². The van der Waals surface area contributed by atoms with Gasteiger partial charge in [0.15, 0.2) is 11.5 Å². The molecule has 2 heterocycles. The molecule has 4 rings (SSSR count). The zero-order valence-electron chi connectivity index (χ0n) is 16.7. The van der Waals surface area contributed by atoms with Crippen molar-refractivity contribution in [2.24, 2.45) is 11.0 Å².